The molecule has 0 aliphatic rings. The Bertz CT molecular complexity index is 257. The zero-order valence-electron chi connectivity index (χ0n) is 8.09. The summed E-state index contributed by atoms with van der Waals surface area (Å²) in [4.78, 5) is 1.43. The predicted molar refractivity (Wildman–Crippen MR) is 63.2 cm³/mol. The Balaban J connectivity index is 2.56. The van der Waals surface area contributed by atoms with Crippen LogP contribution in [0.1, 0.15) is 25.1 Å². The summed E-state index contributed by atoms with van der Waals surface area (Å²) in [5, 5.41) is 2.13. The van der Waals surface area contributed by atoms with E-state index in [1.54, 1.807) is 0 Å². The van der Waals surface area contributed by atoms with Gasteiger partial charge in [-0.3, -0.25) is 0 Å². The van der Waals surface area contributed by atoms with Crippen LogP contribution in [-0.2, 0) is 6.42 Å². The highest BCUT2D eigenvalue weighted by Gasteiger charge is 2.12. The number of halogens is 1. The van der Waals surface area contributed by atoms with Crippen molar-refractivity contribution in [2.75, 3.05) is 0 Å². The number of thiophene rings is 1. The van der Waals surface area contributed by atoms with Crippen molar-refractivity contribution in [3.05, 3.63) is 20.8 Å². The van der Waals surface area contributed by atoms with E-state index >= 15 is 0 Å². The minimum absolute atomic E-state index is 0.297. The fourth-order valence-electron chi connectivity index (χ4n) is 1.42. The van der Waals surface area contributed by atoms with Crippen LogP contribution in [-0.4, -0.2) is 6.04 Å². The molecule has 1 aromatic heterocycles. The molecule has 2 unspecified atom stereocenters. The van der Waals surface area contributed by atoms with Gasteiger partial charge in [0, 0.05) is 20.8 Å². The van der Waals surface area contributed by atoms with E-state index in [0.29, 0.717) is 12.0 Å². The Hall–Kier alpha value is 0.140. The zero-order valence-corrected chi connectivity index (χ0v) is 10.5. The molecule has 0 radical (unpaired) electrons. The number of rotatable bonds is 4. The minimum Gasteiger partial charge on any atom is -0.328 e. The summed E-state index contributed by atoms with van der Waals surface area (Å²) < 4.78 is 1.19. The lowest BCUT2D eigenvalue weighted by Crippen LogP contribution is -2.27. The van der Waals surface area contributed by atoms with Crippen molar-refractivity contribution in [1.82, 2.24) is 0 Å². The van der Waals surface area contributed by atoms with Crippen LogP contribution in [0.4, 0.5) is 0 Å². The molecule has 3 heteroatoms. The molecule has 2 N–H and O–H groups in total. The average molecular weight is 262 g/mol. The Morgan fingerprint density at radius 1 is 1.62 bits per heavy atom. The molecule has 0 fully saturated rings. The fraction of sp³-hybridized carbons (Fsp3) is 0.600. The van der Waals surface area contributed by atoms with E-state index in [9.17, 15) is 0 Å². The molecule has 0 amide bonds. The molecule has 13 heavy (non-hydrogen) atoms. The van der Waals surface area contributed by atoms with E-state index in [1.807, 2.05) is 11.3 Å². The maximum absolute atomic E-state index is 5.89. The summed E-state index contributed by atoms with van der Waals surface area (Å²) in [5.41, 5.74) is 5.89. The Labute approximate surface area is 92.5 Å². The molecule has 0 aliphatic carbocycles. The highest BCUT2D eigenvalue weighted by Crippen LogP contribution is 2.24. The predicted octanol–water partition coefficient (Wildman–Crippen LogP) is 3.43. The van der Waals surface area contributed by atoms with E-state index in [2.05, 4.69) is 41.2 Å². The van der Waals surface area contributed by atoms with Crippen molar-refractivity contribution in [3.8, 4) is 0 Å². The summed E-state index contributed by atoms with van der Waals surface area (Å²) in [6.07, 6.45) is 2.28. The average Bonchev–Trinajstić information content (AvgIpc) is 2.46. The van der Waals surface area contributed by atoms with E-state index in [4.69, 9.17) is 5.73 Å². The molecular formula is C10H16BrNS. The van der Waals surface area contributed by atoms with Gasteiger partial charge in [-0.1, -0.05) is 13.3 Å². The normalized spacial score (nSPS) is 15.7. The van der Waals surface area contributed by atoms with E-state index in [1.165, 1.54) is 9.35 Å². The largest absolute Gasteiger partial charge is 0.328 e. The van der Waals surface area contributed by atoms with E-state index in [0.717, 1.165) is 12.8 Å². The highest BCUT2D eigenvalue weighted by atomic mass is 79.9. The Morgan fingerprint density at radius 2 is 2.31 bits per heavy atom. The standard InChI is InChI=1S/C10H16BrNS/c1-3-8(7(2)12)4-10-5-9(11)6-13-10/h5-8H,3-4,12H2,1-2H3. The van der Waals surface area contributed by atoms with Crippen LogP contribution < -0.4 is 5.73 Å². The lowest BCUT2D eigenvalue weighted by atomic mass is 9.95. The maximum Gasteiger partial charge on any atom is 0.0285 e. The van der Waals surface area contributed by atoms with Crippen molar-refractivity contribution < 1.29 is 0 Å². The van der Waals surface area contributed by atoms with Crippen LogP contribution in [0.2, 0.25) is 0 Å². The smallest absolute Gasteiger partial charge is 0.0285 e. The maximum atomic E-state index is 5.89. The monoisotopic (exact) mass is 261 g/mol. The first-order chi connectivity index (χ1) is 6.13. The molecule has 0 saturated heterocycles. The molecule has 1 heterocycles. The van der Waals surface area contributed by atoms with Gasteiger partial charge >= 0.3 is 0 Å². The molecule has 74 valence electrons. The van der Waals surface area contributed by atoms with Gasteiger partial charge in [0.15, 0.2) is 0 Å². The van der Waals surface area contributed by atoms with Crippen LogP contribution >= 0.6 is 27.3 Å². The lowest BCUT2D eigenvalue weighted by molar-refractivity contribution is 0.430. The van der Waals surface area contributed by atoms with Gasteiger partial charge in [-0.25, -0.2) is 0 Å². The molecule has 0 aromatic carbocycles. The zero-order chi connectivity index (χ0) is 9.84. The third-order valence-corrected chi connectivity index (χ3v) is 4.07. The van der Waals surface area contributed by atoms with Crippen molar-refractivity contribution in [1.29, 1.82) is 0 Å². The first kappa shape index (κ1) is 11.2. The first-order valence-corrected chi connectivity index (χ1v) is 6.29. The number of hydrogen-bond acceptors (Lipinski definition) is 2. The first-order valence-electron chi connectivity index (χ1n) is 4.62. The summed E-state index contributed by atoms with van der Waals surface area (Å²) in [7, 11) is 0. The van der Waals surface area contributed by atoms with Crippen molar-refractivity contribution >= 4 is 27.3 Å². The molecular weight excluding hydrogens is 246 g/mol. The van der Waals surface area contributed by atoms with Crippen LogP contribution in [0.15, 0.2) is 15.9 Å². The van der Waals surface area contributed by atoms with Crippen LogP contribution in [0.25, 0.3) is 0 Å². The highest BCUT2D eigenvalue weighted by molar-refractivity contribution is 9.10. The Morgan fingerprint density at radius 3 is 2.69 bits per heavy atom. The molecule has 2 atom stereocenters. The van der Waals surface area contributed by atoms with Gasteiger partial charge < -0.3 is 5.73 Å². The molecule has 0 aliphatic heterocycles. The van der Waals surface area contributed by atoms with Gasteiger partial charge in [-0.05, 0) is 41.3 Å². The molecule has 0 saturated carbocycles. The van der Waals surface area contributed by atoms with Crippen LogP contribution in [0.5, 0.6) is 0 Å². The van der Waals surface area contributed by atoms with Crippen LogP contribution in [0, 0.1) is 5.92 Å². The number of hydrogen-bond donors (Lipinski definition) is 1. The molecule has 0 bridgehead atoms. The molecule has 1 aromatic rings. The molecule has 1 nitrogen and oxygen atoms in total. The molecule has 0 spiro atoms. The van der Waals surface area contributed by atoms with Gasteiger partial charge in [0.2, 0.25) is 0 Å². The topological polar surface area (TPSA) is 26.0 Å². The van der Waals surface area contributed by atoms with Gasteiger partial charge in [-0.15, -0.1) is 11.3 Å². The van der Waals surface area contributed by atoms with Gasteiger partial charge in [0.05, 0.1) is 0 Å². The summed E-state index contributed by atoms with van der Waals surface area (Å²) in [6, 6.07) is 2.49. The second-order valence-electron chi connectivity index (χ2n) is 3.46. The Kier molecular flexibility index (Phi) is 4.42. The van der Waals surface area contributed by atoms with Crippen molar-refractivity contribution in [2.24, 2.45) is 11.7 Å². The van der Waals surface area contributed by atoms with Crippen LogP contribution in [0.3, 0.4) is 0 Å². The van der Waals surface area contributed by atoms with E-state index < -0.39 is 0 Å². The van der Waals surface area contributed by atoms with Gasteiger partial charge in [0.1, 0.15) is 0 Å². The quantitative estimate of drug-likeness (QED) is 0.883. The van der Waals surface area contributed by atoms with E-state index in [-0.39, 0.29) is 0 Å². The van der Waals surface area contributed by atoms with Gasteiger partial charge in [0.25, 0.3) is 0 Å². The second kappa shape index (κ2) is 5.13. The summed E-state index contributed by atoms with van der Waals surface area (Å²) in [6.45, 7) is 4.30. The minimum atomic E-state index is 0.297. The SMILES string of the molecule is CCC(Cc1cc(Br)cs1)C(C)N. The third-order valence-electron chi connectivity index (χ3n) is 2.35. The van der Waals surface area contributed by atoms with Crippen molar-refractivity contribution in [2.45, 2.75) is 32.7 Å². The molecule has 1 rings (SSSR count). The summed E-state index contributed by atoms with van der Waals surface area (Å²) >= 11 is 5.27. The summed E-state index contributed by atoms with van der Waals surface area (Å²) in [5.74, 6) is 0.616. The number of nitrogens with two attached hydrogens (primary N) is 1. The fourth-order valence-corrected chi connectivity index (χ4v) is 2.97. The second-order valence-corrected chi connectivity index (χ2v) is 5.37. The van der Waals surface area contributed by atoms with Crippen molar-refractivity contribution in [3.63, 3.8) is 0 Å². The third kappa shape index (κ3) is 3.41. The van der Waals surface area contributed by atoms with Gasteiger partial charge in [-0.2, -0.15) is 0 Å². The lowest BCUT2D eigenvalue weighted by Gasteiger charge is -2.17.